The number of unbranched alkanes of at least 4 members (excludes halogenated alkanes) is 12. The minimum absolute atomic E-state index is 0.0387. The predicted octanol–water partition coefficient (Wildman–Crippen LogP) is 5.79. The van der Waals surface area contributed by atoms with Crippen molar-refractivity contribution in [2.24, 2.45) is 0 Å². The molecule has 0 aromatic rings. The smallest absolute Gasteiger partial charge is 0.462 e. The van der Waals surface area contributed by atoms with Crippen LogP contribution in [0.4, 0.5) is 4.79 Å². The van der Waals surface area contributed by atoms with Gasteiger partial charge in [0.05, 0.1) is 7.11 Å². The van der Waals surface area contributed by atoms with Crippen LogP contribution in [0.3, 0.4) is 0 Å². The van der Waals surface area contributed by atoms with Crippen molar-refractivity contribution in [2.45, 2.75) is 96.8 Å². The molecule has 0 aliphatic rings. The molecule has 0 spiro atoms. The fraction of sp³-hybridized carbons (Fsp3) is 0.900. The zero-order valence-electron chi connectivity index (χ0n) is 16.4. The molecule has 0 aliphatic heterocycles. The Labute approximate surface area is 153 Å². The topological polar surface area (TPSA) is 61.8 Å². The van der Waals surface area contributed by atoms with Gasteiger partial charge < -0.3 is 14.2 Å². The van der Waals surface area contributed by atoms with Gasteiger partial charge >= 0.3 is 12.1 Å². The van der Waals surface area contributed by atoms with E-state index in [1.165, 1.54) is 77.7 Å². The Hall–Kier alpha value is -1.26. The SMILES string of the molecule is CCCCCCCCCCCCCCCC(=O)OCCOC(=O)OC. The maximum atomic E-state index is 11.5. The molecule has 5 heteroatoms. The van der Waals surface area contributed by atoms with Crippen molar-refractivity contribution in [3.05, 3.63) is 0 Å². The standard InChI is InChI=1S/C20H38O5/c1-3-4-5-6-7-8-9-10-11-12-13-14-15-16-19(21)24-17-18-25-20(22)23-2/h3-18H2,1-2H3. The molecule has 0 fully saturated rings. The second-order valence-electron chi connectivity index (χ2n) is 6.52. The zero-order valence-corrected chi connectivity index (χ0v) is 16.4. The Bertz CT molecular complexity index is 317. The van der Waals surface area contributed by atoms with Gasteiger partial charge in [0.2, 0.25) is 0 Å². The van der Waals surface area contributed by atoms with E-state index in [-0.39, 0.29) is 19.2 Å². The first-order valence-electron chi connectivity index (χ1n) is 10.1. The lowest BCUT2D eigenvalue weighted by atomic mass is 10.0. The summed E-state index contributed by atoms with van der Waals surface area (Å²) in [6.45, 7) is 2.38. The van der Waals surface area contributed by atoms with Crippen LogP contribution < -0.4 is 0 Å². The van der Waals surface area contributed by atoms with Crippen molar-refractivity contribution >= 4 is 12.1 Å². The maximum Gasteiger partial charge on any atom is 0.508 e. The Morgan fingerprint density at radius 1 is 0.640 bits per heavy atom. The van der Waals surface area contributed by atoms with Gasteiger partial charge in [0, 0.05) is 6.42 Å². The average Bonchev–Trinajstić information content (AvgIpc) is 2.62. The summed E-state index contributed by atoms with van der Waals surface area (Å²) in [5.74, 6) is -0.225. The van der Waals surface area contributed by atoms with Gasteiger partial charge in [-0.2, -0.15) is 0 Å². The second-order valence-corrected chi connectivity index (χ2v) is 6.52. The molecule has 0 rings (SSSR count). The van der Waals surface area contributed by atoms with E-state index >= 15 is 0 Å². The lowest BCUT2D eigenvalue weighted by molar-refractivity contribution is -0.145. The van der Waals surface area contributed by atoms with Gasteiger partial charge in [-0.05, 0) is 6.42 Å². The van der Waals surface area contributed by atoms with Gasteiger partial charge in [-0.25, -0.2) is 4.79 Å². The molecule has 0 bridgehead atoms. The van der Waals surface area contributed by atoms with Crippen molar-refractivity contribution in [2.75, 3.05) is 20.3 Å². The highest BCUT2D eigenvalue weighted by molar-refractivity contribution is 5.69. The largest absolute Gasteiger partial charge is 0.508 e. The van der Waals surface area contributed by atoms with Crippen LogP contribution in [-0.4, -0.2) is 32.4 Å². The van der Waals surface area contributed by atoms with Crippen LogP contribution in [0.2, 0.25) is 0 Å². The molecule has 0 amide bonds. The van der Waals surface area contributed by atoms with Gasteiger partial charge in [0.1, 0.15) is 13.2 Å². The van der Waals surface area contributed by atoms with Crippen LogP contribution in [-0.2, 0) is 19.0 Å². The van der Waals surface area contributed by atoms with Gasteiger partial charge in [-0.1, -0.05) is 84.0 Å². The molecular weight excluding hydrogens is 320 g/mol. The van der Waals surface area contributed by atoms with Crippen molar-refractivity contribution in [1.29, 1.82) is 0 Å². The van der Waals surface area contributed by atoms with Crippen LogP contribution in [0, 0.1) is 0 Å². The summed E-state index contributed by atoms with van der Waals surface area (Å²) in [6.07, 6.45) is 16.4. The van der Waals surface area contributed by atoms with E-state index in [0.717, 1.165) is 12.8 Å². The molecule has 0 atom stereocenters. The molecule has 0 aromatic heterocycles. The summed E-state index contributed by atoms with van der Waals surface area (Å²) in [6, 6.07) is 0. The number of rotatable bonds is 17. The van der Waals surface area contributed by atoms with E-state index in [4.69, 9.17) is 4.74 Å². The molecule has 0 radical (unpaired) electrons. The van der Waals surface area contributed by atoms with Gasteiger partial charge in [0.25, 0.3) is 0 Å². The van der Waals surface area contributed by atoms with Crippen molar-refractivity contribution in [3.63, 3.8) is 0 Å². The normalized spacial score (nSPS) is 10.5. The summed E-state index contributed by atoms with van der Waals surface area (Å²) in [5.41, 5.74) is 0. The third-order valence-electron chi connectivity index (χ3n) is 4.22. The molecule has 0 saturated carbocycles. The third kappa shape index (κ3) is 18.9. The van der Waals surface area contributed by atoms with Gasteiger partial charge in [-0.15, -0.1) is 0 Å². The first-order chi connectivity index (χ1) is 12.2. The van der Waals surface area contributed by atoms with Crippen LogP contribution in [0.25, 0.3) is 0 Å². The molecule has 0 aliphatic carbocycles. The number of hydrogen-bond acceptors (Lipinski definition) is 5. The molecule has 25 heavy (non-hydrogen) atoms. The van der Waals surface area contributed by atoms with E-state index < -0.39 is 6.16 Å². The molecule has 0 heterocycles. The molecule has 0 N–H and O–H groups in total. The van der Waals surface area contributed by atoms with Crippen LogP contribution in [0.15, 0.2) is 0 Å². The lowest BCUT2D eigenvalue weighted by Gasteiger charge is -2.05. The number of methoxy groups -OCH3 is 1. The van der Waals surface area contributed by atoms with Crippen LogP contribution >= 0.6 is 0 Å². The summed E-state index contributed by atoms with van der Waals surface area (Å²) < 4.78 is 13.9. The zero-order chi connectivity index (χ0) is 18.6. The third-order valence-corrected chi connectivity index (χ3v) is 4.22. The predicted molar refractivity (Wildman–Crippen MR) is 99.6 cm³/mol. The lowest BCUT2D eigenvalue weighted by Crippen LogP contribution is -2.13. The fourth-order valence-electron chi connectivity index (χ4n) is 2.70. The first kappa shape index (κ1) is 23.7. The van der Waals surface area contributed by atoms with Crippen LogP contribution in [0.5, 0.6) is 0 Å². The molecule has 148 valence electrons. The summed E-state index contributed by atoms with van der Waals surface area (Å²) in [4.78, 5) is 22.1. The second kappa shape index (κ2) is 19.1. The monoisotopic (exact) mass is 358 g/mol. The van der Waals surface area contributed by atoms with E-state index in [0.29, 0.717) is 6.42 Å². The number of carbonyl (C=O) groups is 2. The highest BCUT2D eigenvalue weighted by Crippen LogP contribution is 2.13. The first-order valence-corrected chi connectivity index (χ1v) is 10.1. The summed E-state index contributed by atoms with van der Waals surface area (Å²) in [5, 5.41) is 0. The van der Waals surface area contributed by atoms with Crippen LogP contribution in [0.1, 0.15) is 96.8 Å². The maximum absolute atomic E-state index is 11.5. The van der Waals surface area contributed by atoms with Gasteiger partial charge in [0.15, 0.2) is 0 Å². The van der Waals surface area contributed by atoms with Gasteiger partial charge in [-0.3, -0.25) is 4.79 Å². The molecular formula is C20H38O5. The highest BCUT2D eigenvalue weighted by atomic mass is 16.7. The number of ether oxygens (including phenoxy) is 3. The molecule has 5 nitrogen and oxygen atoms in total. The van der Waals surface area contributed by atoms with E-state index in [2.05, 4.69) is 16.4 Å². The van der Waals surface area contributed by atoms with Crippen molar-refractivity contribution in [1.82, 2.24) is 0 Å². The number of carbonyl (C=O) groups excluding carboxylic acids is 2. The Morgan fingerprint density at radius 2 is 1.08 bits per heavy atom. The molecule has 0 aromatic carbocycles. The summed E-state index contributed by atoms with van der Waals surface area (Å²) in [7, 11) is 1.24. The number of esters is 1. The van der Waals surface area contributed by atoms with Crippen molar-refractivity contribution in [3.8, 4) is 0 Å². The Morgan fingerprint density at radius 3 is 1.56 bits per heavy atom. The minimum Gasteiger partial charge on any atom is -0.462 e. The quantitative estimate of drug-likeness (QED) is 0.243. The van der Waals surface area contributed by atoms with E-state index in [1.54, 1.807) is 0 Å². The van der Waals surface area contributed by atoms with E-state index in [9.17, 15) is 9.59 Å². The molecule has 0 unspecified atom stereocenters. The average molecular weight is 359 g/mol. The van der Waals surface area contributed by atoms with Crippen molar-refractivity contribution < 1.29 is 23.8 Å². The van der Waals surface area contributed by atoms with E-state index in [1.807, 2.05) is 0 Å². The summed E-state index contributed by atoms with van der Waals surface area (Å²) >= 11 is 0. The fourth-order valence-corrected chi connectivity index (χ4v) is 2.70. The Kier molecular flexibility index (Phi) is 18.1. The Balaban J connectivity index is 3.17. The highest BCUT2D eigenvalue weighted by Gasteiger charge is 2.04. The number of hydrogen-bond donors (Lipinski definition) is 0. The molecule has 0 saturated heterocycles. The minimum atomic E-state index is -0.757.